The second-order valence-corrected chi connectivity index (χ2v) is 7.76. The van der Waals surface area contributed by atoms with Crippen molar-refractivity contribution in [2.24, 2.45) is 0 Å². The lowest BCUT2D eigenvalue weighted by Crippen LogP contribution is -2.32. The lowest BCUT2D eigenvalue weighted by molar-refractivity contribution is 0.454. The van der Waals surface area contributed by atoms with Crippen LogP contribution in [0.5, 0.6) is 0 Å². The van der Waals surface area contributed by atoms with Crippen LogP contribution in [0.1, 0.15) is 0 Å². The highest BCUT2D eigenvalue weighted by atomic mass is 35.5. The highest BCUT2D eigenvalue weighted by Crippen LogP contribution is 2.55. The van der Waals surface area contributed by atoms with Crippen molar-refractivity contribution in [2.75, 3.05) is 35.0 Å². The molecule has 0 aromatic heterocycles. The van der Waals surface area contributed by atoms with E-state index in [4.69, 9.17) is 23.2 Å². The van der Waals surface area contributed by atoms with Crippen LogP contribution < -0.4 is 10.2 Å². The first-order valence-electron chi connectivity index (χ1n) is 6.73. The van der Waals surface area contributed by atoms with E-state index in [1.165, 1.54) is 0 Å². The van der Waals surface area contributed by atoms with E-state index in [0.717, 1.165) is 22.1 Å². The fourth-order valence-corrected chi connectivity index (χ4v) is 5.38. The lowest BCUT2D eigenvalue weighted by atomic mass is 10.1. The molecule has 0 amide bonds. The molecule has 0 unspecified atom stereocenters. The van der Waals surface area contributed by atoms with Crippen LogP contribution in [0.4, 0.5) is 11.4 Å². The molecule has 3 rings (SSSR count). The number of hydrogen-bond donors (Lipinski definition) is 2. The van der Waals surface area contributed by atoms with Crippen LogP contribution in [-0.4, -0.2) is 29.5 Å². The first-order chi connectivity index (χ1) is 10.2. The number of rotatable bonds is 5. The number of nitrogens with one attached hydrogen (secondary N) is 2. The number of anilines is 2. The molecular formula is C14H16Cl2N3OP. The van der Waals surface area contributed by atoms with Crippen LogP contribution in [0.2, 0.25) is 0 Å². The first kappa shape index (κ1) is 15.0. The smallest absolute Gasteiger partial charge is 0.308 e. The zero-order chi connectivity index (χ0) is 14.9. The van der Waals surface area contributed by atoms with Crippen molar-refractivity contribution in [1.82, 2.24) is 4.67 Å². The maximum absolute atomic E-state index is 13.3. The Labute approximate surface area is 133 Å². The summed E-state index contributed by atoms with van der Waals surface area (Å²) in [7, 11) is -2.99. The number of nitrogens with zero attached hydrogens (tertiary/aromatic N) is 1. The van der Waals surface area contributed by atoms with Crippen LogP contribution >= 0.6 is 30.8 Å². The van der Waals surface area contributed by atoms with Crippen molar-refractivity contribution in [3.63, 3.8) is 0 Å². The molecule has 0 atom stereocenters. The van der Waals surface area contributed by atoms with E-state index in [1.807, 2.05) is 36.4 Å². The van der Waals surface area contributed by atoms with E-state index in [-0.39, 0.29) is 0 Å². The number of halogens is 2. The number of benzene rings is 2. The molecule has 0 radical (unpaired) electrons. The summed E-state index contributed by atoms with van der Waals surface area (Å²) < 4.78 is 15.1. The minimum Gasteiger partial charge on any atom is -0.308 e. The molecular weight excluding hydrogens is 328 g/mol. The van der Waals surface area contributed by atoms with Gasteiger partial charge in [-0.3, -0.25) is 4.57 Å². The van der Waals surface area contributed by atoms with E-state index >= 15 is 0 Å². The van der Waals surface area contributed by atoms with Gasteiger partial charge in [-0.1, -0.05) is 24.3 Å². The van der Waals surface area contributed by atoms with Crippen molar-refractivity contribution in [1.29, 1.82) is 0 Å². The maximum Gasteiger partial charge on any atom is 0.330 e. The summed E-state index contributed by atoms with van der Waals surface area (Å²) in [6, 6.07) is 11.9. The van der Waals surface area contributed by atoms with Crippen LogP contribution in [-0.2, 0) is 4.57 Å². The topological polar surface area (TPSA) is 44.4 Å². The van der Waals surface area contributed by atoms with E-state index in [2.05, 4.69) is 10.2 Å². The normalized spacial score (nSPS) is 15.8. The Bertz CT molecular complexity index is 659. The minimum atomic E-state index is -2.99. The fourth-order valence-electron chi connectivity index (χ4n) is 2.61. The van der Waals surface area contributed by atoms with E-state index in [1.54, 1.807) is 4.67 Å². The molecule has 0 bridgehead atoms. The molecule has 0 aliphatic carbocycles. The average Bonchev–Trinajstić information content (AvgIpc) is 2.47. The molecule has 4 nitrogen and oxygen atoms in total. The van der Waals surface area contributed by atoms with Gasteiger partial charge in [-0.15, -0.1) is 23.2 Å². The number of hydrogen-bond acceptors (Lipinski definition) is 1. The zero-order valence-corrected chi connectivity index (χ0v) is 13.8. The molecule has 2 aromatic carbocycles. The van der Waals surface area contributed by atoms with Crippen molar-refractivity contribution in [3.8, 4) is 0 Å². The molecule has 21 heavy (non-hydrogen) atoms. The summed E-state index contributed by atoms with van der Waals surface area (Å²) in [4.78, 5) is 0. The second kappa shape index (κ2) is 6.05. The predicted octanol–water partition coefficient (Wildman–Crippen LogP) is 4.56. The van der Waals surface area contributed by atoms with Gasteiger partial charge in [0.2, 0.25) is 0 Å². The van der Waals surface area contributed by atoms with Gasteiger partial charge in [0.05, 0.1) is 11.4 Å². The Morgan fingerprint density at radius 1 is 0.952 bits per heavy atom. The molecule has 0 spiro atoms. The lowest BCUT2D eigenvalue weighted by Gasteiger charge is -2.36. The fraction of sp³-hybridized carbons (Fsp3) is 0.286. The molecule has 7 heteroatoms. The highest BCUT2D eigenvalue weighted by molar-refractivity contribution is 7.64. The third kappa shape index (κ3) is 2.74. The summed E-state index contributed by atoms with van der Waals surface area (Å²) >= 11 is 11.7. The standard InChI is InChI=1S/C14H16Cl2N3OP/c15-7-9-19(10-8-16)21(20)17-12-5-1-3-11-4-2-6-13(18-21)14(11)12/h1-6H,7-10H2,(H2,17,18,20). The first-order valence-corrected chi connectivity index (χ1v) is 9.46. The monoisotopic (exact) mass is 343 g/mol. The summed E-state index contributed by atoms with van der Waals surface area (Å²) in [5, 5.41) is 8.49. The molecule has 1 aliphatic rings. The van der Waals surface area contributed by atoms with Gasteiger partial charge in [0, 0.05) is 30.2 Å². The van der Waals surface area contributed by atoms with Gasteiger partial charge in [-0.2, -0.15) is 0 Å². The van der Waals surface area contributed by atoms with Crippen LogP contribution in [0.15, 0.2) is 36.4 Å². The van der Waals surface area contributed by atoms with Gasteiger partial charge in [0.25, 0.3) is 0 Å². The van der Waals surface area contributed by atoms with Crippen LogP contribution in [0.25, 0.3) is 10.8 Å². The Morgan fingerprint density at radius 2 is 1.48 bits per heavy atom. The second-order valence-electron chi connectivity index (χ2n) is 4.84. The molecule has 112 valence electrons. The van der Waals surface area contributed by atoms with Crippen LogP contribution in [0.3, 0.4) is 0 Å². The largest absolute Gasteiger partial charge is 0.330 e. The molecule has 0 fully saturated rings. The quantitative estimate of drug-likeness (QED) is 0.616. The van der Waals surface area contributed by atoms with Gasteiger partial charge in [0.1, 0.15) is 0 Å². The van der Waals surface area contributed by atoms with Crippen molar-refractivity contribution in [2.45, 2.75) is 0 Å². The third-order valence-corrected chi connectivity index (χ3v) is 6.15. The van der Waals surface area contributed by atoms with Crippen molar-refractivity contribution >= 4 is 52.9 Å². The molecule has 2 N–H and O–H groups in total. The van der Waals surface area contributed by atoms with E-state index < -0.39 is 7.59 Å². The van der Waals surface area contributed by atoms with Gasteiger partial charge in [-0.05, 0) is 17.5 Å². The Hall–Kier alpha value is -0.930. The van der Waals surface area contributed by atoms with Crippen molar-refractivity contribution < 1.29 is 4.57 Å². The Balaban J connectivity index is 2.04. The predicted molar refractivity (Wildman–Crippen MR) is 91.8 cm³/mol. The molecule has 0 saturated carbocycles. The molecule has 1 aliphatic heterocycles. The van der Waals surface area contributed by atoms with E-state index in [9.17, 15) is 4.57 Å². The van der Waals surface area contributed by atoms with E-state index in [0.29, 0.717) is 24.8 Å². The maximum atomic E-state index is 13.3. The molecule has 1 heterocycles. The average molecular weight is 344 g/mol. The van der Waals surface area contributed by atoms with Gasteiger partial charge < -0.3 is 10.2 Å². The molecule has 0 saturated heterocycles. The van der Waals surface area contributed by atoms with Crippen molar-refractivity contribution in [3.05, 3.63) is 36.4 Å². The van der Waals surface area contributed by atoms with Gasteiger partial charge >= 0.3 is 7.59 Å². The number of alkyl halides is 2. The zero-order valence-electron chi connectivity index (χ0n) is 11.4. The summed E-state index contributed by atoms with van der Waals surface area (Å²) in [5.74, 6) is 0.798. The highest BCUT2D eigenvalue weighted by Gasteiger charge is 2.34. The summed E-state index contributed by atoms with van der Waals surface area (Å²) in [6.07, 6.45) is 0. The Kier molecular flexibility index (Phi) is 4.32. The summed E-state index contributed by atoms with van der Waals surface area (Å²) in [5.41, 5.74) is 1.75. The third-order valence-electron chi connectivity index (χ3n) is 3.53. The Morgan fingerprint density at radius 3 is 1.95 bits per heavy atom. The van der Waals surface area contributed by atoms with Gasteiger partial charge in [0.15, 0.2) is 0 Å². The minimum absolute atomic E-state index is 0.399. The van der Waals surface area contributed by atoms with Gasteiger partial charge in [-0.25, -0.2) is 4.67 Å². The van der Waals surface area contributed by atoms with Crippen LogP contribution in [0, 0.1) is 0 Å². The summed E-state index contributed by atoms with van der Waals surface area (Å²) in [6.45, 7) is 1.01. The molecule has 2 aromatic rings. The SMILES string of the molecule is O=P1(N(CCCl)CCCl)Nc2cccc3cccc(c23)N1.